The molecule has 0 aliphatic carbocycles. The van der Waals surface area contributed by atoms with Crippen LogP contribution >= 0.6 is 0 Å². The summed E-state index contributed by atoms with van der Waals surface area (Å²) in [7, 11) is 1.30. The number of halogens is 4. The molecule has 10 heteroatoms. The van der Waals surface area contributed by atoms with Gasteiger partial charge in [-0.25, -0.2) is 28.7 Å². The Hall–Kier alpha value is -4.08. The van der Waals surface area contributed by atoms with Crippen LogP contribution < -0.4 is 9.47 Å². The SMILES string of the molecule is CCCCCCCCCOc1ccc(-c2ncc(CCCCCCCCC)cn2)c(F)c1F.CCCCCCCCCc1cnc(-c2ccc(OC)c(F)c2F)nc1. The number of hydrogen-bond acceptors (Lipinski definition) is 6. The summed E-state index contributed by atoms with van der Waals surface area (Å²) in [5.41, 5.74) is 2.16. The van der Waals surface area contributed by atoms with Crippen LogP contribution in [0.3, 0.4) is 0 Å². The van der Waals surface area contributed by atoms with Gasteiger partial charge in [-0.05, 0) is 67.5 Å². The van der Waals surface area contributed by atoms with Crippen molar-refractivity contribution in [3.05, 3.63) is 83.4 Å². The van der Waals surface area contributed by atoms with Gasteiger partial charge in [0.05, 0.1) is 24.8 Å². The lowest BCUT2D eigenvalue weighted by molar-refractivity contribution is 0.285. The van der Waals surface area contributed by atoms with Gasteiger partial charge in [0.15, 0.2) is 34.8 Å². The van der Waals surface area contributed by atoms with Crippen molar-refractivity contribution < 1.29 is 27.0 Å². The lowest BCUT2D eigenvalue weighted by Crippen LogP contribution is -2.03. The Labute approximate surface area is 346 Å². The van der Waals surface area contributed by atoms with Crippen LogP contribution in [0.25, 0.3) is 22.8 Å². The first kappa shape index (κ1) is 48.3. The number of methoxy groups -OCH3 is 1. The van der Waals surface area contributed by atoms with Crippen LogP contribution in [0, 0.1) is 23.3 Å². The average molecular weight is 809 g/mol. The molecule has 2 aromatic carbocycles. The second kappa shape index (κ2) is 29.2. The molecule has 2 aromatic heterocycles. The van der Waals surface area contributed by atoms with Crippen molar-refractivity contribution in [3.63, 3.8) is 0 Å². The highest BCUT2D eigenvalue weighted by Gasteiger charge is 2.18. The van der Waals surface area contributed by atoms with E-state index in [0.29, 0.717) is 6.61 Å². The van der Waals surface area contributed by atoms with Crippen LogP contribution in [0.5, 0.6) is 11.5 Å². The number of rotatable bonds is 28. The summed E-state index contributed by atoms with van der Waals surface area (Å²) in [4.78, 5) is 16.9. The van der Waals surface area contributed by atoms with Gasteiger partial charge in [0.25, 0.3) is 0 Å². The minimum absolute atomic E-state index is 0.0424. The maximum atomic E-state index is 14.6. The number of aromatic nitrogens is 4. The molecule has 4 aromatic rings. The van der Waals surface area contributed by atoms with E-state index in [0.717, 1.165) is 56.1 Å². The highest BCUT2D eigenvalue weighted by atomic mass is 19.2. The summed E-state index contributed by atoms with van der Waals surface area (Å²) < 4.78 is 67.3. The summed E-state index contributed by atoms with van der Waals surface area (Å²) in [5.74, 6) is -3.71. The fourth-order valence-electron chi connectivity index (χ4n) is 6.74. The Balaban J connectivity index is 0.000000322. The van der Waals surface area contributed by atoms with Crippen LogP contribution in [0.1, 0.15) is 167 Å². The quantitative estimate of drug-likeness (QED) is 0.0420. The highest BCUT2D eigenvalue weighted by molar-refractivity contribution is 5.58. The van der Waals surface area contributed by atoms with Crippen LogP contribution in [0.15, 0.2) is 49.1 Å². The van der Waals surface area contributed by atoms with Gasteiger partial charge in [-0.3, -0.25) is 0 Å². The van der Waals surface area contributed by atoms with Gasteiger partial charge in [-0.15, -0.1) is 0 Å². The molecular weight excluding hydrogens is 741 g/mol. The standard InChI is InChI=1S/C28H42F2N2O.C20H26F2N2O/c1-3-5-7-9-11-13-15-17-23-21-31-28(32-22-23)24-18-19-25(27(30)26(24)29)33-20-16-14-12-10-8-6-4-2;1-3-4-5-6-7-8-9-10-15-13-23-20(24-14-15)16-11-12-17(25-2)19(22)18(16)21/h18-19,21-22H,3-17,20H2,1-2H3;11-14H,3-10H2,1-2H3. The Morgan fingerprint density at radius 2 is 0.759 bits per heavy atom. The van der Waals surface area contributed by atoms with Gasteiger partial charge in [-0.2, -0.15) is 8.78 Å². The zero-order chi connectivity index (χ0) is 41.8. The third-order valence-electron chi connectivity index (χ3n) is 10.3. The first-order valence-electron chi connectivity index (χ1n) is 22.1. The third kappa shape index (κ3) is 17.4. The molecule has 0 saturated heterocycles. The Morgan fingerprint density at radius 3 is 1.16 bits per heavy atom. The van der Waals surface area contributed by atoms with Crippen molar-refractivity contribution in [3.8, 4) is 34.3 Å². The van der Waals surface area contributed by atoms with E-state index in [1.54, 1.807) is 24.8 Å². The predicted molar refractivity (Wildman–Crippen MR) is 228 cm³/mol. The summed E-state index contributed by atoms with van der Waals surface area (Å²) in [5, 5.41) is 0. The van der Waals surface area contributed by atoms with Gasteiger partial charge in [0, 0.05) is 24.8 Å². The zero-order valence-electron chi connectivity index (χ0n) is 35.7. The van der Waals surface area contributed by atoms with E-state index < -0.39 is 23.3 Å². The fraction of sp³-hybridized carbons (Fsp3) is 0.583. The van der Waals surface area contributed by atoms with Crippen molar-refractivity contribution in [2.45, 2.75) is 168 Å². The third-order valence-corrected chi connectivity index (χ3v) is 10.3. The monoisotopic (exact) mass is 809 g/mol. The first-order chi connectivity index (χ1) is 28.3. The van der Waals surface area contributed by atoms with E-state index >= 15 is 0 Å². The molecular formula is C48H68F4N4O2. The molecule has 0 spiro atoms. The minimum atomic E-state index is -1.02. The van der Waals surface area contributed by atoms with Crippen LogP contribution in [-0.2, 0) is 12.8 Å². The number of ether oxygens (including phenoxy) is 2. The summed E-state index contributed by atoms with van der Waals surface area (Å²) >= 11 is 0. The molecule has 0 aliphatic heterocycles. The molecule has 0 fully saturated rings. The molecule has 0 aliphatic rings. The largest absolute Gasteiger partial charge is 0.494 e. The van der Waals surface area contributed by atoms with Crippen molar-refractivity contribution >= 4 is 0 Å². The Bertz CT molecular complexity index is 1690. The van der Waals surface area contributed by atoms with E-state index in [9.17, 15) is 17.6 Å². The first-order valence-corrected chi connectivity index (χ1v) is 22.1. The Kier molecular flexibility index (Phi) is 24.3. The average Bonchev–Trinajstić information content (AvgIpc) is 3.24. The normalized spacial score (nSPS) is 11.0. The maximum absolute atomic E-state index is 14.6. The maximum Gasteiger partial charge on any atom is 0.201 e. The molecule has 0 radical (unpaired) electrons. The summed E-state index contributed by atoms with van der Waals surface area (Å²) in [6.45, 7) is 7.04. The Morgan fingerprint density at radius 1 is 0.414 bits per heavy atom. The number of aryl methyl sites for hydroxylation is 2. The number of benzene rings is 2. The fourth-order valence-corrected chi connectivity index (χ4v) is 6.74. The topological polar surface area (TPSA) is 70.0 Å². The molecule has 320 valence electrons. The van der Waals surface area contributed by atoms with Gasteiger partial charge in [0.2, 0.25) is 11.6 Å². The van der Waals surface area contributed by atoms with Gasteiger partial charge >= 0.3 is 0 Å². The van der Waals surface area contributed by atoms with Crippen LogP contribution in [-0.4, -0.2) is 33.7 Å². The van der Waals surface area contributed by atoms with E-state index in [-0.39, 0.29) is 34.3 Å². The predicted octanol–water partition coefficient (Wildman–Crippen LogP) is 14.6. The van der Waals surface area contributed by atoms with Crippen molar-refractivity contribution in [1.29, 1.82) is 0 Å². The van der Waals surface area contributed by atoms with E-state index in [2.05, 4.69) is 40.7 Å². The number of unbranched alkanes of at least 4 members (excludes halogenated alkanes) is 18. The summed E-state index contributed by atoms with van der Waals surface area (Å²) in [6.07, 6.45) is 34.2. The molecule has 4 rings (SSSR count). The van der Waals surface area contributed by atoms with Crippen molar-refractivity contribution in [1.82, 2.24) is 19.9 Å². The van der Waals surface area contributed by atoms with Crippen LogP contribution in [0.2, 0.25) is 0 Å². The van der Waals surface area contributed by atoms with Gasteiger partial charge in [0.1, 0.15) is 0 Å². The van der Waals surface area contributed by atoms with Crippen LogP contribution in [0.4, 0.5) is 17.6 Å². The molecule has 6 nitrogen and oxygen atoms in total. The number of nitrogens with zero attached hydrogens (tertiary/aromatic N) is 4. The van der Waals surface area contributed by atoms with E-state index in [1.165, 1.54) is 134 Å². The van der Waals surface area contributed by atoms with Gasteiger partial charge in [-0.1, -0.05) is 136 Å². The second-order valence-electron chi connectivity index (χ2n) is 15.2. The molecule has 2 heterocycles. The number of hydrogen-bond donors (Lipinski definition) is 0. The van der Waals surface area contributed by atoms with E-state index in [4.69, 9.17) is 9.47 Å². The van der Waals surface area contributed by atoms with Crippen molar-refractivity contribution in [2.24, 2.45) is 0 Å². The zero-order valence-corrected chi connectivity index (χ0v) is 35.7. The molecule has 0 atom stereocenters. The molecule has 0 saturated carbocycles. The second-order valence-corrected chi connectivity index (χ2v) is 15.2. The van der Waals surface area contributed by atoms with Crippen molar-refractivity contribution in [2.75, 3.05) is 13.7 Å². The molecule has 58 heavy (non-hydrogen) atoms. The summed E-state index contributed by atoms with van der Waals surface area (Å²) in [6, 6.07) is 5.79. The lowest BCUT2D eigenvalue weighted by atomic mass is 10.1. The molecule has 0 unspecified atom stereocenters. The highest BCUT2D eigenvalue weighted by Crippen LogP contribution is 2.29. The molecule has 0 bridgehead atoms. The van der Waals surface area contributed by atoms with Gasteiger partial charge < -0.3 is 9.47 Å². The van der Waals surface area contributed by atoms with E-state index in [1.807, 2.05) is 0 Å². The molecule has 0 N–H and O–H groups in total. The minimum Gasteiger partial charge on any atom is -0.494 e. The molecule has 0 amide bonds. The smallest absolute Gasteiger partial charge is 0.201 e. The lowest BCUT2D eigenvalue weighted by Gasteiger charge is -2.10.